The molecule has 3 nitrogen and oxygen atoms in total. The number of aliphatic hydroxyl groups excluding tert-OH is 1. The van der Waals surface area contributed by atoms with E-state index in [0.717, 1.165) is 15.8 Å². The summed E-state index contributed by atoms with van der Waals surface area (Å²) in [7, 11) is 0. The maximum absolute atomic E-state index is 9.91. The Hall–Kier alpha value is -0.580. The van der Waals surface area contributed by atoms with Crippen molar-refractivity contribution in [2.75, 3.05) is 6.61 Å². The molecule has 4 heteroatoms. The van der Waals surface area contributed by atoms with Gasteiger partial charge in [0.1, 0.15) is 5.75 Å². The summed E-state index contributed by atoms with van der Waals surface area (Å²) in [5.74, 6) is 0.730. The van der Waals surface area contributed by atoms with Gasteiger partial charge in [0.15, 0.2) is 0 Å². The van der Waals surface area contributed by atoms with Crippen LogP contribution < -0.4 is 10.5 Å². The number of benzene rings is 1. The van der Waals surface area contributed by atoms with Crippen LogP contribution in [0.4, 0.5) is 0 Å². The molecule has 1 aliphatic heterocycles. The molecule has 3 N–H and O–H groups in total. The molecule has 1 aromatic rings. The summed E-state index contributed by atoms with van der Waals surface area (Å²) in [6.45, 7) is 0.562. The lowest BCUT2D eigenvalue weighted by molar-refractivity contribution is 0.144. The van der Waals surface area contributed by atoms with Crippen LogP contribution >= 0.6 is 15.9 Å². The van der Waals surface area contributed by atoms with E-state index in [1.165, 1.54) is 0 Å². The van der Waals surface area contributed by atoms with Gasteiger partial charge in [0, 0.05) is 16.1 Å². The maximum atomic E-state index is 9.91. The Morgan fingerprint density at radius 3 is 3.07 bits per heavy atom. The minimum Gasteiger partial charge on any atom is -0.493 e. The highest BCUT2D eigenvalue weighted by Crippen LogP contribution is 2.32. The third kappa shape index (κ3) is 1.78. The lowest BCUT2D eigenvalue weighted by Crippen LogP contribution is -2.28. The van der Waals surface area contributed by atoms with Gasteiger partial charge in [-0.2, -0.15) is 0 Å². The van der Waals surface area contributed by atoms with Crippen LogP contribution in [0.1, 0.15) is 18.1 Å². The van der Waals surface area contributed by atoms with E-state index in [-0.39, 0.29) is 6.04 Å². The molecule has 0 aliphatic carbocycles. The first-order valence-electron chi connectivity index (χ1n) is 4.54. The maximum Gasteiger partial charge on any atom is 0.125 e. The molecule has 0 aromatic heterocycles. The van der Waals surface area contributed by atoms with E-state index < -0.39 is 6.10 Å². The molecule has 0 fully saturated rings. The second-order valence-corrected chi connectivity index (χ2v) is 4.34. The number of nitrogens with two attached hydrogens (primary N) is 1. The molecule has 1 aromatic carbocycles. The molecule has 2 rings (SSSR count). The molecule has 76 valence electrons. The summed E-state index contributed by atoms with van der Waals surface area (Å²) in [5, 5.41) is 9.91. The van der Waals surface area contributed by atoms with Crippen molar-refractivity contribution in [2.45, 2.75) is 18.6 Å². The van der Waals surface area contributed by atoms with Gasteiger partial charge >= 0.3 is 0 Å². The van der Waals surface area contributed by atoms with Crippen molar-refractivity contribution in [3.63, 3.8) is 0 Å². The van der Waals surface area contributed by atoms with E-state index in [4.69, 9.17) is 10.5 Å². The van der Waals surface area contributed by atoms with E-state index >= 15 is 0 Å². The summed E-state index contributed by atoms with van der Waals surface area (Å²) in [6.07, 6.45) is 0.0398. The quantitative estimate of drug-likeness (QED) is 0.743. The molecular weight excluding hydrogens is 246 g/mol. The third-order valence-corrected chi connectivity index (χ3v) is 2.90. The highest BCUT2D eigenvalue weighted by molar-refractivity contribution is 9.10. The molecule has 1 aliphatic rings. The van der Waals surface area contributed by atoms with Crippen LogP contribution in [-0.2, 0) is 0 Å². The topological polar surface area (TPSA) is 55.5 Å². The van der Waals surface area contributed by atoms with Gasteiger partial charge in [-0.1, -0.05) is 15.9 Å². The molecule has 0 spiro atoms. The fraction of sp³-hybridized carbons (Fsp3) is 0.400. The first kappa shape index (κ1) is 9.96. The Morgan fingerprint density at radius 1 is 1.50 bits per heavy atom. The van der Waals surface area contributed by atoms with Crippen molar-refractivity contribution in [3.8, 4) is 5.75 Å². The van der Waals surface area contributed by atoms with Gasteiger partial charge in [0.25, 0.3) is 0 Å². The van der Waals surface area contributed by atoms with E-state index in [2.05, 4.69) is 15.9 Å². The van der Waals surface area contributed by atoms with Gasteiger partial charge in [-0.3, -0.25) is 0 Å². The molecule has 14 heavy (non-hydrogen) atoms. The smallest absolute Gasteiger partial charge is 0.125 e. The molecule has 0 amide bonds. The fourth-order valence-electron chi connectivity index (χ4n) is 1.58. The summed E-state index contributed by atoms with van der Waals surface area (Å²) >= 11 is 3.36. The zero-order valence-corrected chi connectivity index (χ0v) is 9.20. The standard InChI is InChI=1S/C10H12BrNO2/c11-6-1-2-9-7(5-6)10(13)8(12)3-4-14-9/h1-2,5,8,10,13H,3-4,12H2. The number of hydrogen-bond acceptors (Lipinski definition) is 3. The SMILES string of the molecule is NC1CCOc2ccc(Br)cc2C1O. The molecule has 2 unspecified atom stereocenters. The highest BCUT2D eigenvalue weighted by Gasteiger charge is 2.24. The molecule has 0 bridgehead atoms. The van der Waals surface area contributed by atoms with Crippen LogP contribution in [0.2, 0.25) is 0 Å². The van der Waals surface area contributed by atoms with Gasteiger partial charge in [0.05, 0.1) is 12.7 Å². The van der Waals surface area contributed by atoms with Crippen molar-refractivity contribution in [1.29, 1.82) is 0 Å². The van der Waals surface area contributed by atoms with E-state index in [0.29, 0.717) is 13.0 Å². The molecule has 0 saturated heterocycles. The number of fused-ring (bicyclic) bond motifs is 1. The Morgan fingerprint density at radius 2 is 2.29 bits per heavy atom. The zero-order valence-electron chi connectivity index (χ0n) is 7.61. The Kier molecular flexibility index (Phi) is 2.76. The molecule has 0 saturated carbocycles. The highest BCUT2D eigenvalue weighted by atomic mass is 79.9. The number of ether oxygens (including phenoxy) is 1. The van der Waals surface area contributed by atoms with E-state index in [9.17, 15) is 5.11 Å². The second kappa shape index (κ2) is 3.88. The summed E-state index contributed by atoms with van der Waals surface area (Å²) in [4.78, 5) is 0. The minimum absolute atomic E-state index is 0.245. The van der Waals surface area contributed by atoms with E-state index in [1.807, 2.05) is 18.2 Å². The summed E-state index contributed by atoms with van der Waals surface area (Å²) in [5.41, 5.74) is 6.57. The summed E-state index contributed by atoms with van der Waals surface area (Å²) < 4.78 is 6.41. The van der Waals surface area contributed by atoms with Crippen molar-refractivity contribution in [2.24, 2.45) is 5.73 Å². The predicted octanol–water partition coefficient (Wildman–Crippen LogP) is 1.59. The largest absolute Gasteiger partial charge is 0.493 e. The molecule has 2 atom stereocenters. The predicted molar refractivity (Wildman–Crippen MR) is 57.2 cm³/mol. The van der Waals surface area contributed by atoms with Crippen LogP contribution in [-0.4, -0.2) is 17.8 Å². The normalized spacial score (nSPS) is 26.2. The monoisotopic (exact) mass is 257 g/mol. The number of hydrogen-bond donors (Lipinski definition) is 2. The minimum atomic E-state index is -0.634. The van der Waals surface area contributed by atoms with Crippen LogP contribution in [0.15, 0.2) is 22.7 Å². The Labute approximate surface area is 91.0 Å². The number of halogens is 1. The lowest BCUT2D eigenvalue weighted by atomic mass is 10.0. The third-order valence-electron chi connectivity index (χ3n) is 2.40. The van der Waals surface area contributed by atoms with Crippen LogP contribution in [0, 0.1) is 0 Å². The average Bonchev–Trinajstić information content (AvgIpc) is 2.30. The van der Waals surface area contributed by atoms with Crippen LogP contribution in [0.3, 0.4) is 0 Å². The van der Waals surface area contributed by atoms with Gasteiger partial charge < -0.3 is 15.6 Å². The van der Waals surface area contributed by atoms with Gasteiger partial charge in [-0.15, -0.1) is 0 Å². The van der Waals surface area contributed by atoms with Crippen molar-refractivity contribution in [1.82, 2.24) is 0 Å². The summed E-state index contributed by atoms with van der Waals surface area (Å²) in [6, 6.07) is 5.35. The van der Waals surface area contributed by atoms with Gasteiger partial charge in [-0.05, 0) is 24.6 Å². The Balaban J connectivity index is 2.44. The van der Waals surface area contributed by atoms with Crippen LogP contribution in [0.25, 0.3) is 0 Å². The van der Waals surface area contributed by atoms with E-state index in [1.54, 1.807) is 0 Å². The average molecular weight is 258 g/mol. The van der Waals surface area contributed by atoms with Crippen LogP contribution in [0.5, 0.6) is 5.75 Å². The van der Waals surface area contributed by atoms with Crippen molar-refractivity contribution in [3.05, 3.63) is 28.2 Å². The van der Waals surface area contributed by atoms with Gasteiger partial charge in [0.2, 0.25) is 0 Å². The number of aliphatic hydroxyl groups is 1. The fourth-order valence-corrected chi connectivity index (χ4v) is 1.95. The first-order chi connectivity index (χ1) is 6.68. The Bertz CT molecular complexity index is 343. The second-order valence-electron chi connectivity index (χ2n) is 3.43. The van der Waals surface area contributed by atoms with Crippen molar-refractivity contribution < 1.29 is 9.84 Å². The molecular formula is C10H12BrNO2. The first-order valence-corrected chi connectivity index (χ1v) is 5.33. The van der Waals surface area contributed by atoms with Gasteiger partial charge in [-0.25, -0.2) is 0 Å². The lowest BCUT2D eigenvalue weighted by Gasteiger charge is -2.15. The zero-order chi connectivity index (χ0) is 10.1. The molecule has 1 heterocycles. The van der Waals surface area contributed by atoms with Crippen molar-refractivity contribution >= 4 is 15.9 Å². The number of rotatable bonds is 0. The molecule has 0 radical (unpaired) electrons.